The number of hydrogen-bond acceptors (Lipinski definition) is 3. The Bertz CT molecular complexity index is 441. The van der Waals surface area contributed by atoms with Crippen LogP contribution in [-0.2, 0) is 0 Å². The summed E-state index contributed by atoms with van der Waals surface area (Å²) in [5.41, 5.74) is 6.30. The smallest absolute Gasteiger partial charge is 0.387 e. The number of rotatable bonds is 9. The van der Waals surface area contributed by atoms with Crippen LogP contribution in [0.25, 0.3) is 0 Å². The van der Waals surface area contributed by atoms with Crippen molar-refractivity contribution in [3.63, 3.8) is 0 Å². The number of nitrogens with two attached hydrogens (primary N) is 1. The summed E-state index contributed by atoms with van der Waals surface area (Å²) in [6, 6.07) is 2.18. The van der Waals surface area contributed by atoms with Gasteiger partial charge in [-0.15, -0.1) is 0 Å². The summed E-state index contributed by atoms with van der Waals surface area (Å²) in [5, 5.41) is 3.10. The summed E-state index contributed by atoms with van der Waals surface area (Å²) in [5.74, 6) is -0.923. The Morgan fingerprint density at radius 2 is 2.00 bits per heavy atom. The third kappa shape index (κ3) is 5.73. The molecule has 0 spiro atoms. The fraction of sp³-hybridized carbons (Fsp3) is 0.600. The molecule has 1 rings (SSSR count). The van der Waals surface area contributed by atoms with Crippen molar-refractivity contribution in [1.82, 2.24) is 0 Å². The Morgan fingerprint density at radius 1 is 1.29 bits per heavy atom. The molecular weight excluding hydrogens is 281 g/mol. The number of nitrogens with one attached hydrogen (secondary N) is 1. The van der Waals surface area contributed by atoms with Crippen molar-refractivity contribution in [2.45, 2.75) is 46.1 Å². The highest BCUT2D eigenvalue weighted by molar-refractivity contribution is 5.68. The number of anilines is 2. The molecule has 1 unspecified atom stereocenters. The van der Waals surface area contributed by atoms with E-state index < -0.39 is 18.2 Å². The van der Waals surface area contributed by atoms with Gasteiger partial charge in [0.25, 0.3) is 0 Å². The SMILES string of the molecule is CCCCC(CC)CNc1cc(OC(F)F)c(F)cc1N. The first-order chi connectivity index (χ1) is 9.97. The zero-order valence-corrected chi connectivity index (χ0v) is 12.5. The van der Waals surface area contributed by atoms with Crippen molar-refractivity contribution in [2.24, 2.45) is 5.92 Å². The minimum absolute atomic E-state index is 0.180. The Morgan fingerprint density at radius 3 is 2.57 bits per heavy atom. The van der Waals surface area contributed by atoms with Crippen molar-refractivity contribution in [2.75, 3.05) is 17.6 Å². The van der Waals surface area contributed by atoms with E-state index in [2.05, 4.69) is 23.9 Å². The number of halogens is 3. The number of hydrogen-bond donors (Lipinski definition) is 2. The van der Waals surface area contributed by atoms with Crippen LogP contribution in [0, 0.1) is 11.7 Å². The third-order valence-electron chi connectivity index (χ3n) is 3.44. The van der Waals surface area contributed by atoms with E-state index in [4.69, 9.17) is 5.73 Å². The lowest BCUT2D eigenvalue weighted by Gasteiger charge is -2.18. The lowest BCUT2D eigenvalue weighted by molar-refractivity contribution is -0.0521. The van der Waals surface area contributed by atoms with Crippen LogP contribution in [0.15, 0.2) is 12.1 Å². The van der Waals surface area contributed by atoms with Gasteiger partial charge in [-0.2, -0.15) is 8.78 Å². The third-order valence-corrected chi connectivity index (χ3v) is 3.44. The van der Waals surface area contributed by atoms with Crippen molar-refractivity contribution < 1.29 is 17.9 Å². The fourth-order valence-electron chi connectivity index (χ4n) is 2.11. The Labute approximate surface area is 123 Å². The summed E-state index contributed by atoms with van der Waals surface area (Å²) < 4.78 is 42.0. The van der Waals surface area contributed by atoms with Crippen LogP contribution in [0.4, 0.5) is 24.5 Å². The van der Waals surface area contributed by atoms with Gasteiger partial charge >= 0.3 is 6.61 Å². The van der Waals surface area contributed by atoms with Crippen molar-refractivity contribution in [1.29, 1.82) is 0 Å². The molecule has 0 saturated carbocycles. The quantitative estimate of drug-likeness (QED) is 0.653. The van der Waals surface area contributed by atoms with Gasteiger partial charge in [-0.3, -0.25) is 0 Å². The molecule has 0 aliphatic rings. The average molecular weight is 304 g/mol. The Balaban J connectivity index is 2.73. The molecule has 3 nitrogen and oxygen atoms in total. The molecule has 0 saturated heterocycles. The summed E-state index contributed by atoms with van der Waals surface area (Å²) in [4.78, 5) is 0. The van der Waals surface area contributed by atoms with Gasteiger partial charge in [-0.25, -0.2) is 4.39 Å². The average Bonchev–Trinajstić information content (AvgIpc) is 2.43. The minimum atomic E-state index is -3.07. The monoisotopic (exact) mass is 304 g/mol. The van der Waals surface area contributed by atoms with Crippen molar-refractivity contribution >= 4 is 11.4 Å². The summed E-state index contributed by atoms with van der Waals surface area (Å²) in [6.07, 6.45) is 4.36. The van der Waals surface area contributed by atoms with Gasteiger partial charge in [-0.05, 0) is 12.3 Å². The number of benzene rings is 1. The van der Waals surface area contributed by atoms with Crippen molar-refractivity contribution in [3.8, 4) is 5.75 Å². The predicted molar refractivity (Wildman–Crippen MR) is 79.2 cm³/mol. The lowest BCUT2D eigenvalue weighted by Crippen LogP contribution is -2.15. The van der Waals surface area contributed by atoms with Gasteiger partial charge in [0.15, 0.2) is 11.6 Å². The van der Waals surface area contributed by atoms with Crippen LogP contribution >= 0.6 is 0 Å². The first-order valence-corrected chi connectivity index (χ1v) is 7.25. The number of unbranched alkanes of at least 4 members (excludes halogenated alkanes) is 1. The Hall–Kier alpha value is -1.59. The van der Waals surface area contributed by atoms with Crippen LogP contribution < -0.4 is 15.8 Å². The van der Waals surface area contributed by atoms with E-state index in [0.29, 0.717) is 18.2 Å². The van der Waals surface area contributed by atoms with E-state index in [9.17, 15) is 13.2 Å². The van der Waals surface area contributed by atoms with Gasteiger partial charge in [0.05, 0.1) is 11.4 Å². The van der Waals surface area contributed by atoms with Crippen molar-refractivity contribution in [3.05, 3.63) is 17.9 Å². The van der Waals surface area contributed by atoms with E-state index in [0.717, 1.165) is 31.7 Å². The van der Waals surface area contributed by atoms with E-state index in [-0.39, 0.29) is 5.69 Å². The van der Waals surface area contributed by atoms with E-state index in [1.54, 1.807) is 0 Å². The maximum absolute atomic E-state index is 13.5. The second-order valence-electron chi connectivity index (χ2n) is 5.05. The lowest BCUT2D eigenvalue weighted by atomic mass is 9.99. The normalized spacial score (nSPS) is 12.5. The highest BCUT2D eigenvalue weighted by atomic mass is 19.3. The molecule has 1 atom stereocenters. The molecule has 120 valence electrons. The topological polar surface area (TPSA) is 47.3 Å². The van der Waals surface area contributed by atoms with Gasteiger partial charge in [0, 0.05) is 18.7 Å². The molecule has 0 aliphatic carbocycles. The standard InChI is InChI=1S/C15H23F3N2O/c1-3-5-6-10(4-2)9-20-13-8-14(21-15(17)18)11(16)7-12(13)19/h7-8,10,15,20H,3-6,9,19H2,1-2H3. The first-order valence-electron chi connectivity index (χ1n) is 7.25. The molecule has 0 heterocycles. The van der Waals surface area contributed by atoms with E-state index in [1.165, 1.54) is 6.07 Å². The van der Waals surface area contributed by atoms with E-state index >= 15 is 0 Å². The molecule has 6 heteroatoms. The Kier molecular flexibility index (Phi) is 7.19. The maximum atomic E-state index is 13.5. The zero-order chi connectivity index (χ0) is 15.8. The largest absolute Gasteiger partial charge is 0.432 e. The molecule has 0 bridgehead atoms. The molecule has 0 fully saturated rings. The molecule has 21 heavy (non-hydrogen) atoms. The molecule has 0 radical (unpaired) electrons. The van der Waals surface area contributed by atoms with Gasteiger partial charge in [0.2, 0.25) is 0 Å². The summed E-state index contributed by atoms with van der Waals surface area (Å²) >= 11 is 0. The van der Waals surface area contributed by atoms with Gasteiger partial charge in [0.1, 0.15) is 0 Å². The van der Waals surface area contributed by atoms with E-state index in [1.807, 2.05) is 0 Å². The fourth-order valence-corrected chi connectivity index (χ4v) is 2.11. The summed E-state index contributed by atoms with van der Waals surface area (Å²) in [6.45, 7) is 1.83. The molecule has 3 N–H and O–H groups in total. The second kappa shape index (κ2) is 8.64. The zero-order valence-electron chi connectivity index (χ0n) is 12.5. The predicted octanol–water partition coefficient (Wildman–Crippen LogP) is 4.64. The highest BCUT2D eigenvalue weighted by Gasteiger charge is 2.14. The molecule has 1 aromatic carbocycles. The molecule has 0 aromatic heterocycles. The summed E-state index contributed by atoms with van der Waals surface area (Å²) in [7, 11) is 0. The number of alkyl halides is 2. The van der Waals surface area contributed by atoms with Crippen LogP contribution in [-0.4, -0.2) is 13.2 Å². The van der Waals surface area contributed by atoms with Gasteiger partial charge in [-0.1, -0.05) is 33.1 Å². The number of nitrogen functional groups attached to an aromatic ring is 1. The highest BCUT2D eigenvalue weighted by Crippen LogP contribution is 2.29. The molecule has 0 aliphatic heterocycles. The molecular formula is C15H23F3N2O. The molecule has 0 amide bonds. The number of ether oxygens (including phenoxy) is 1. The van der Waals surface area contributed by atoms with Crippen LogP contribution in [0.1, 0.15) is 39.5 Å². The van der Waals surface area contributed by atoms with Crippen LogP contribution in [0.2, 0.25) is 0 Å². The maximum Gasteiger partial charge on any atom is 0.387 e. The van der Waals surface area contributed by atoms with Gasteiger partial charge < -0.3 is 15.8 Å². The second-order valence-corrected chi connectivity index (χ2v) is 5.05. The first kappa shape index (κ1) is 17.5. The van der Waals surface area contributed by atoms with Crippen LogP contribution in [0.5, 0.6) is 5.75 Å². The molecule has 1 aromatic rings. The minimum Gasteiger partial charge on any atom is -0.432 e. The van der Waals surface area contributed by atoms with Crippen LogP contribution in [0.3, 0.4) is 0 Å².